The Bertz CT molecular complexity index is 936. The van der Waals surface area contributed by atoms with Gasteiger partial charge in [0.25, 0.3) is 5.91 Å². The van der Waals surface area contributed by atoms with Crippen LogP contribution in [0.4, 0.5) is 22.7 Å². The van der Waals surface area contributed by atoms with Crippen LogP contribution < -0.4 is 20.3 Å². The number of amides is 1. The van der Waals surface area contributed by atoms with Gasteiger partial charge < -0.3 is 20.3 Å². The van der Waals surface area contributed by atoms with Crippen LogP contribution in [0.25, 0.3) is 0 Å². The summed E-state index contributed by atoms with van der Waals surface area (Å²) in [4.78, 5) is 19.0. The molecule has 3 rings (SSSR count). The van der Waals surface area contributed by atoms with Gasteiger partial charge in [0.2, 0.25) is 0 Å². The lowest BCUT2D eigenvalue weighted by molar-refractivity contribution is 0.102. The molecule has 0 bridgehead atoms. The van der Waals surface area contributed by atoms with E-state index in [1.54, 1.807) is 43.6 Å². The van der Waals surface area contributed by atoms with Gasteiger partial charge in [0, 0.05) is 42.0 Å². The first-order chi connectivity index (χ1) is 14.1. The second-order valence-electron chi connectivity index (χ2n) is 6.46. The van der Waals surface area contributed by atoms with Crippen LogP contribution in [-0.2, 0) is 0 Å². The fourth-order valence-corrected chi connectivity index (χ4v) is 3.01. The third kappa shape index (κ3) is 5.25. The molecular formula is C23H26N4O2. The van der Waals surface area contributed by atoms with Crippen molar-refractivity contribution >= 4 is 28.7 Å². The smallest absolute Gasteiger partial charge is 0.274 e. The Balaban J connectivity index is 1.67. The molecule has 2 N–H and O–H groups in total. The van der Waals surface area contributed by atoms with Crippen LogP contribution in [0.3, 0.4) is 0 Å². The molecule has 0 aliphatic carbocycles. The summed E-state index contributed by atoms with van der Waals surface area (Å²) in [5, 5.41) is 6.17. The summed E-state index contributed by atoms with van der Waals surface area (Å²) in [6.07, 6.45) is 1.62. The van der Waals surface area contributed by atoms with Gasteiger partial charge in [-0.15, -0.1) is 0 Å². The molecule has 0 aliphatic heterocycles. The van der Waals surface area contributed by atoms with E-state index in [9.17, 15) is 4.79 Å². The SMILES string of the molecule is CCN(CC)c1ccc(Nc2ccnc(C(=O)Nc3ccc(OC)cc3)c2)cc1. The third-order valence-corrected chi connectivity index (χ3v) is 4.63. The quantitative estimate of drug-likeness (QED) is 0.571. The van der Waals surface area contributed by atoms with E-state index in [-0.39, 0.29) is 5.91 Å². The molecule has 29 heavy (non-hydrogen) atoms. The number of carbonyl (C=O) groups is 1. The van der Waals surface area contributed by atoms with Crippen molar-refractivity contribution < 1.29 is 9.53 Å². The van der Waals surface area contributed by atoms with Crippen LogP contribution in [0.5, 0.6) is 5.75 Å². The lowest BCUT2D eigenvalue weighted by Crippen LogP contribution is -2.21. The van der Waals surface area contributed by atoms with Crippen molar-refractivity contribution in [1.82, 2.24) is 4.98 Å². The highest BCUT2D eigenvalue weighted by Crippen LogP contribution is 2.22. The van der Waals surface area contributed by atoms with Crippen LogP contribution in [0.1, 0.15) is 24.3 Å². The number of rotatable bonds is 8. The number of benzene rings is 2. The molecule has 0 saturated heterocycles. The highest BCUT2D eigenvalue weighted by Gasteiger charge is 2.09. The maximum Gasteiger partial charge on any atom is 0.274 e. The number of carbonyl (C=O) groups excluding carboxylic acids is 1. The van der Waals surface area contributed by atoms with Crippen molar-refractivity contribution in [2.75, 3.05) is 35.7 Å². The Kier molecular flexibility index (Phi) is 6.68. The predicted molar refractivity (Wildman–Crippen MR) is 118 cm³/mol. The van der Waals surface area contributed by atoms with Crippen molar-refractivity contribution in [2.24, 2.45) is 0 Å². The van der Waals surface area contributed by atoms with E-state index in [1.165, 1.54) is 5.69 Å². The Morgan fingerprint density at radius 2 is 1.59 bits per heavy atom. The summed E-state index contributed by atoms with van der Waals surface area (Å²) in [5.74, 6) is 0.468. The van der Waals surface area contributed by atoms with Gasteiger partial charge in [0.05, 0.1) is 7.11 Å². The van der Waals surface area contributed by atoms with E-state index in [0.29, 0.717) is 11.4 Å². The summed E-state index contributed by atoms with van der Waals surface area (Å²) in [6, 6.07) is 19.0. The zero-order valence-corrected chi connectivity index (χ0v) is 17.0. The van der Waals surface area contributed by atoms with Gasteiger partial charge >= 0.3 is 0 Å². The summed E-state index contributed by atoms with van der Waals surface area (Å²) in [7, 11) is 1.60. The Labute approximate surface area is 171 Å². The molecule has 0 atom stereocenters. The number of pyridine rings is 1. The summed E-state index contributed by atoms with van der Waals surface area (Å²) in [5.41, 5.74) is 3.97. The zero-order valence-electron chi connectivity index (χ0n) is 17.0. The van der Waals surface area contributed by atoms with Gasteiger partial charge in [-0.05, 0) is 74.5 Å². The van der Waals surface area contributed by atoms with E-state index < -0.39 is 0 Å². The van der Waals surface area contributed by atoms with Crippen molar-refractivity contribution in [1.29, 1.82) is 0 Å². The highest BCUT2D eigenvalue weighted by atomic mass is 16.5. The molecule has 1 aromatic heterocycles. The van der Waals surface area contributed by atoms with Gasteiger partial charge in [-0.25, -0.2) is 0 Å². The lowest BCUT2D eigenvalue weighted by atomic mass is 10.2. The molecule has 3 aromatic rings. The van der Waals surface area contributed by atoms with Crippen molar-refractivity contribution in [3.05, 3.63) is 72.6 Å². The molecule has 6 heteroatoms. The average molecular weight is 390 g/mol. The van der Waals surface area contributed by atoms with Crippen molar-refractivity contribution in [3.63, 3.8) is 0 Å². The summed E-state index contributed by atoms with van der Waals surface area (Å²) < 4.78 is 5.13. The number of nitrogens with zero attached hydrogens (tertiary/aromatic N) is 2. The van der Waals surface area contributed by atoms with Crippen LogP contribution in [0, 0.1) is 0 Å². The normalized spacial score (nSPS) is 10.3. The van der Waals surface area contributed by atoms with E-state index in [0.717, 1.165) is 30.2 Å². The molecule has 2 aromatic carbocycles. The molecule has 0 spiro atoms. The number of methoxy groups -OCH3 is 1. The number of aromatic nitrogens is 1. The van der Waals surface area contributed by atoms with Gasteiger partial charge in [0.15, 0.2) is 0 Å². The first kappa shape index (κ1) is 20.2. The van der Waals surface area contributed by atoms with Crippen LogP contribution >= 0.6 is 0 Å². The first-order valence-electron chi connectivity index (χ1n) is 9.66. The van der Waals surface area contributed by atoms with E-state index in [2.05, 4.69) is 46.5 Å². The number of nitrogens with one attached hydrogen (secondary N) is 2. The molecule has 1 amide bonds. The molecule has 0 fully saturated rings. The third-order valence-electron chi connectivity index (χ3n) is 4.63. The number of anilines is 4. The molecule has 6 nitrogen and oxygen atoms in total. The second kappa shape index (κ2) is 9.59. The maximum absolute atomic E-state index is 12.5. The Morgan fingerprint density at radius 1 is 0.931 bits per heavy atom. The highest BCUT2D eigenvalue weighted by molar-refractivity contribution is 6.03. The van der Waals surface area contributed by atoms with E-state index >= 15 is 0 Å². The summed E-state index contributed by atoms with van der Waals surface area (Å²) >= 11 is 0. The van der Waals surface area contributed by atoms with Gasteiger partial charge in [-0.2, -0.15) is 0 Å². The predicted octanol–water partition coefficient (Wildman–Crippen LogP) is 4.93. The second-order valence-corrected chi connectivity index (χ2v) is 6.46. The Hall–Kier alpha value is -3.54. The molecule has 0 unspecified atom stereocenters. The standard InChI is InChI=1S/C23H26N4O2/c1-4-27(5-2)20-10-6-17(7-11-20)25-19-14-15-24-22(16-19)23(28)26-18-8-12-21(29-3)13-9-18/h6-16H,4-5H2,1-3H3,(H,24,25)(H,26,28). The van der Waals surface area contributed by atoms with Crippen LogP contribution in [0.2, 0.25) is 0 Å². The minimum atomic E-state index is -0.268. The molecule has 1 heterocycles. The first-order valence-corrected chi connectivity index (χ1v) is 9.66. The van der Waals surface area contributed by atoms with E-state index in [4.69, 9.17) is 4.74 Å². The number of ether oxygens (including phenoxy) is 1. The van der Waals surface area contributed by atoms with Gasteiger partial charge in [0.1, 0.15) is 11.4 Å². The van der Waals surface area contributed by atoms with Crippen LogP contribution in [0.15, 0.2) is 66.9 Å². The minimum absolute atomic E-state index is 0.268. The molecule has 0 saturated carbocycles. The minimum Gasteiger partial charge on any atom is -0.497 e. The zero-order chi connectivity index (χ0) is 20.6. The summed E-state index contributed by atoms with van der Waals surface area (Å²) in [6.45, 7) is 6.23. The lowest BCUT2D eigenvalue weighted by Gasteiger charge is -2.21. The average Bonchev–Trinajstić information content (AvgIpc) is 2.76. The molecule has 0 radical (unpaired) electrons. The monoisotopic (exact) mass is 390 g/mol. The Morgan fingerprint density at radius 3 is 2.21 bits per heavy atom. The van der Waals surface area contributed by atoms with Gasteiger partial charge in [-0.1, -0.05) is 0 Å². The number of hydrogen-bond donors (Lipinski definition) is 2. The topological polar surface area (TPSA) is 66.5 Å². The van der Waals surface area contributed by atoms with Crippen molar-refractivity contribution in [3.8, 4) is 5.75 Å². The molecule has 150 valence electrons. The maximum atomic E-state index is 12.5. The largest absolute Gasteiger partial charge is 0.497 e. The van der Waals surface area contributed by atoms with Crippen LogP contribution in [-0.4, -0.2) is 31.1 Å². The fourth-order valence-electron chi connectivity index (χ4n) is 3.01. The van der Waals surface area contributed by atoms with Gasteiger partial charge in [-0.3, -0.25) is 9.78 Å². The molecule has 0 aliphatic rings. The fraction of sp³-hybridized carbons (Fsp3) is 0.217. The molecular weight excluding hydrogens is 364 g/mol. The number of hydrogen-bond acceptors (Lipinski definition) is 5. The van der Waals surface area contributed by atoms with E-state index in [1.807, 2.05) is 18.2 Å². The van der Waals surface area contributed by atoms with Crippen molar-refractivity contribution in [2.45, 2.75) is 13.8 Å².